The van der Waals surface area contributed by atoms with Gasteiger partial charge >= 0.3 is 0 Å². The van der Waals surface area contributed by atoms with Gasteiger partial charge in [0.2, 0.25) is 11.8 Å². The number of nitrogens with one attached hydrogen (secondary N) is 1. The molecule has 0 spiro atoms. The first kappa shape index (κ1) is 17.3. The molecule has 2 aliphatic heterocycles. The molecular weight excluding hydrogens is 372 g/mol. The van der Waals surface area contributed by atoms with E-state index in [9.17, 15) is 14.4 Å². The molecule has 1 aromatic carbocycles. The first-order valence-corrected chi connectivity index (χ1v) is 9.26. The molecule has 3 amide bonds. The molecule has 29 heavy (non-hydrogen) atoms. The predicted octanol–water partition coefficient (Wildman–Crippen LogP) is 2.16. The van der Waals surface area contributed by atoms with Crippen LogP contribution in [0.2, 0.25) is 0 Å². The van der Waals surface area contributed by atoms with Crippen molar-refractivity contribution in [1.82, 2.24) is 20.4 Å². The summed E-state index contributed by atoms with van der Waals surface area (Å²) in [6, 6.07) is 12.2. The maximum atomic E-state index is 12.8. The molecule has 0 bridgehead atoms. The number of hydrogen-bond donors (Lipinski definition) is 1. The number of benzene rings is 1. The van der Waals surface area contributed by atoms with Crippen LogP contribution in [-0.2, 0) is 16.1 Å². The molecule has 0 saturated carbocycles. The molecule has 3 aromatic rings. The Morgan fingerprint density at radius 3 is 2.76 bits per heavy atom. The fourth-order valence-corrected chi connectivity index (χ4v) is 3.77. The lowest BCUT2D eigenvalue weighted by atomic mass is 10.0. The van der Waals surface area contributed by atoms with Crippen molar-refractivity contribution >= 4 is 17.7 Å². The molecule has 4 heterocycles. The third kappa shape index (κ3) is 2.98. The van der Waals surface area contributed by atoms with Crippen LogP contribution in [0.3, 0.4) is 0 Å². The number of aromatic nitrogens is 2. The average molecular weight is 388 g/mol. The van der Waals surface area contributed by atoms with Gasteiger partial charge in [-0.2, -0.15) is 0 Å². The summed E-state index contributed by atoms with van der Waals surface area (Å²) < 4.78 is 5.41. The van der Waals surface area contributed by atoms with Crippen molar-refractivity contribution in [2.45, 2.75) is 25.4 Å². The fraction of sp³-hybridized carbons (Fsp3) is 0.190. The van der Waals surface area contributed by atoms with Crippen molar-refractivity contribution in [2.75, 3.05) is 0 Å². The van der Waals surface area contributed by atoms with E-state index >= 15 is 0 Å². The van der Waals surface area contributed by atoms with Crippen LogP contribution in [0.4, 0.5) is 0 Å². The normalized spacial score (nSPS) is 18.7. The van der Waals surface area contributed by atoms with Crippen molar-refractivity contribution in [2.24, 2.45) is 0 Å². The van der Waals surface area contributed by atoms with Gasteiger partial charge in [-0.05, 0) is 36.2 Å². The molecular formula is C21H16N4O4. The molecule has 144 valence electrons. The van der Waals surface area contributed by atoms with Gasteiger partial charge in [-0.3, -0.25) is 24.7 Å². The van der Waals surface area contributed by atoms with Gasteiger partial charge in [0, 0.05) is 36.4 Å². The second-order valence-electron chi connectivity index (χ2n) is 7.06. The minimum atomic E-state index is -0.626. The number of pyridine rings is 1. The molecule has 0 radical (unpaired) electrons. The van der Waals surface area contributed by atoms with E-state index in [2.05, 4.69) is 15.5 Å². The zero-order valence-corrected chi connectivity index (χ0v) is 15.3. The quantitative estimate of drug-likeness (QED) is 0.690. The minimum Gasteiger partial charge on any atom is -0.354 e. The highest BCUT2D eigenvalue weighted by molar-refractivity contribution is 6.05. The predicted molar refractivity (Wildman–Crippen MR) is 101 cm³/mol. The van der Waals surface area contributed by atoms with E-state index in [4.69, 9.17) is 4.52 Å². The van der Waals surface area contributed by atoms with Gasteiger partial charge in [-0.15, -0.1) is 0 Å². The van der Waals surface area contributed by atoms with Crippen LogP contribution in [0.1, 0.15) is 28.8 Å². The highest BCUT2D eigenvalue weighted by atomic mass is 16.5. The highest BCUT2D eigenvalue weighted by Gasteiger charge is 2.39. The van der Waals surface area contributed by atoms with Crippen LogP contribution in [-0.4, -0.2) is 38.8 Å². The second kappa shape index (κ2) is 6.66. The van der Waals surface area contributed by atoms with Crippen LogP contribution in [0, 0.1) is 0 Å². The Morgan fingerprint density at radius 1 is 1.07 bits per heavy atom. The third-order valence-electron chi connectivity index (χ3n) is 5.25. The number of amides is 3. The molecule has 0 aliphatic carbocycles. The van der Waals surface area contributed by atoms with Crippen molar-refractivity contribution in [1.29, 1.82) is 0 Å². The molecule has 8 heteroatoms. The lowest BCUT2D eigenvalue weighted by Gasteiger charge is -2.29. The molecule has 2 aliphatic rings. The fourth-order valence-electron chi connectivity index (χ4n) is 3.77. The topological polar surface area (TPSA) is 105 Å². The largest absolute Gasteiger partial charge is 0.354 e. The summed E-state index contributed by atoms with van der Waals surface area (Å²) in [4.78, 5) is 42.1. The number of hydrogen-bond acceptors (Lipinski definition) is 6. The van der Waals surface area contributed by atoms with E-state index in [0.717, 1.165) is 11.1 Å². The first-order valence-electron chi connectivity index (χ1n) is 9.26. The number of fused-ring (bicyclic) bond motifs is 1. The number of piperidine rings is 1. The monoisotopic (exact) mass is 388 g/mol. The molecule has 1 atom stereocenters. The lowest BCUT2D eigenvalue weighted by Crippen LogP contribution is -2.52. The molecule has 8 nitrogen and oxygen atoms in total. The van der Waals surface area contributed by atoms with Crippen LogP contribution in [0.5, 0.6) is 0 Å². The minimum absolute atomic E-state index is 0.199. The van der Waals surface area contributed by atoms with Gasteiger partial charge in [0.25, 0.3) is 5.91 Å². The van der Waals surface area contributed by atoms with Crippen molar-refractivity contribution in [3.8, 4) is 22.7 Å². The van der Waals surface area contributed by atoms with Gasteiger partial charge in [0.1, 0.15) is 17.4 Å². The summed E-state index contributed by atoms with van der Waals surface area (Å²) in [5.41, 5.74) is 3.52. The molecule has 1 saturated heterocycles. The maximum absolute atomic E-state index is 12.8. The van der Waals surface area contributed by atoms with E-state index in [1.807, 2.05) is 30.3 Å². The number of rotatable bonds is 3. The zero-order valence-electron chi connectivity index (χ0n) is 15.3. The van der Waals surface area contributed by atoms with Gasteiger partial charge in [-0.1, -0.05) is 17.3 Å². The van der Waals surface area contributed by atoms with E-state index in [0.29, 0.717) is 35.7 Å². The highest BCUT2D eigenvalue weighted by Crippen LogP contribution is 2.32. The molecule has 1 fully saturated rings. The lowest BCUT2D eigenvalue weighted by molar-refractivity contribution is -0.136. The van der Waals surface area contributed by atoms with Crippen LogP contribution < -0.4 is 5.32 Å². The molecule has 2 aromatic heterocycles. The van der Waals surface area contributed by atoms with Gasteiger partial charge < -0.3 is 9.42 Å². The van der Waals surface area contributed by atoms with Crippen LogP contribution >= 0.6 is 0 Å². The van der Waals surface area contributed by atoms with Gasteiger partial charge in [0.05, 0.1) is 0 Å². The van der Waals surface area contributed by atoms with E-state index < -0.39 is 11.9 Å². The number of nitrogens with zero attached hydrogens (tertiary/aromatic N) is 3. The Bertz CT molecular complexity index is 1140. The summed E-state index contributed by atoms with van der Waals surface area (Å²) in [7, 11) is 0. The number of carbonyl (C=O) groups is 3. The zero-order chi connectivity index (χ0) is 20.0. The summed E-state index contributed by atoms with van der Waals surface area (Å²) in [5, 5.41) is 6.43. The van der Waals surface area contributed by atoms with Gasteiger partial charge in [0.15, 0.2) is 5.76 Å². The standard InChI is InChI=1S/C21H16N4O4/c26-19-7-6-17(20(27)23-19)25-11-13-9-12(4-5-14(13)21(25)28)16-10-18(29-24-16)15-3-1-2-8-22-15/h1-5,8-10,17H,6-7,11H2,(H,23,26,27). The second-order valence-corrected chi connectivity index (χ2v) is 7.06. The average Bonchev–Trinajstić information content (AvgIpc) is 3.34. The van der Waals surface area contributed by atoms with E-state index in [1.54, 1.807) is 18.3 Å². The Morgan fingerprint density at radius 2 is 1.97 bits per heavy atom. The Hall–Kier alpha value is -3.81. The van der Waals surface area contributed by atoms with Crippen LogP contribution in [0.25, 0.3) is 22.7 Å². The van der Waals surface area contributed by atoms with Crippen molar-refractivity contribution < 1.29 is 18.9 Å². The maximum Gasteiger partial charge on any atom is 0.255 e. The smallest absolute Gasteiger partial charge is 0.255 e. The molecule has 5 rings (SSSR count). The molecule has 1 unspecified atom stereocenters. The first-order chi connectivity index (χ1) is 14.1. The summed E-state index contributed by atoms with van der Waals surface area (Å²) in [5.74, 6) is -0.357. The molecule has 1 N–H and O–H groups in total. The third-order valence-corrected chi connectivity index (χ3v) is 5.25. The van der Waals surface area contributed by atoms with E-state index in [1.165, 1.54) is 4.90 Å². The van der Waals surface area contributed by atoms with Crippen molar-refractivity contribution in [3.63, 3.8) is 0 Å². The SMILES string of the molecule is O=C1CCC(N2Cc3cc(-c4cc(-c5ccccn5)on4)ccc3C2=O)C(=O)N1. The Labute approximate surface area is 165 Å². The summed E-state index contributed by atoms with van der Waals surface area (Å²) in [6.07, 6.45) is 2.26. The number of carbonyl (C=O) groups excluding carboxylic acids is 3. The van der Waals surface area contributed by atoms with Crippen LogP contribution in [0.15, 0.2) is 53.2 Å². The Balaban J connectivity index is 1.41. The summed E-state index contributed by atoms with van der Waals surface area (Å²) in [6.45, 7) is 0.319. The van der Waals surface area contributed by atoms with E-state index in [-0.39, 0.29) is 18.2 Å². The summed E-state index contributed by atoms with van der Waals surface area (Å²) >= 11 is 0. The van der Waals surface area contributed by atoms with Crippen molar-refractivity contribution in [3.05, 3.63) is 59.8 Å². The number of imide groups is 1. The van der Waals surface area contributed by atoms with Gasteiger partial charge in [-0.25, -0.2) is 0 Å². The Kier molecular flexibility index (Phi) is 3.97.